The van der Waals surface area contributed by atoms with E-state index in [1.165, 1.54) is 6.07 Å². The van der Waals surface area contributed by atoms with Crippen LogP contribution < -0.4 is 10.6 Å². The minimum absolute atomic E-state index is 0.0608. The van der Waals surface area contributed by atoms with Crippen LogP contribution in [0.15, 0.2) is 12.1 Å². The number of benzene rings is 1. The summed E-state index contributed by atoms with van der Waals surface area (Å²) in [6.07, 6.45) is 1.66. The second-order valence-corrected chi connectivity index (χ2v) is 6.21. The number of amides is 2. The summed E-state index contributed by atoms with van der Waals surface area (Å²) in [5.74, 6) is 0.0608. The van der Waals surface area contributed by atoms with Crippen LogP contribution in [0.4, 0.5) is 4.79 Å². The first kappa shape index (κ1) is 14.8. The number of phenolic OH excluding ortho intramolecular Hbond substituents is 1. The molecule has 2 amide bonds. The van der Waals surface area contributed by atoms with Gasteiger partial charge in [-0.15, -0.1) is 0 Å². The molecule has 2 fully saturated rings. The van der Waals surface area contributed by atoms with Crippen LogP contribution >= 0.6 is 23.2 Å². The lowest BCUT2D eigenvalue weighted by molar-refractivity contribution is 0.153. The lowest BCUT2D eigenvalue weighted by Gasteiger charge is -2.37. The minimum atomic E-state index is -0.311. The highest BCUT2D eigenvalue weighted by molar-refractivity contribution is 6.42. The highest BCUT2D eigenvalue weighted by Gasteiger charge is 2.34. The van der Waals surface area contributed by atoms with E-state index >= 15 is 0 Å². The molecule has 21 heavy (non-hydrogen) atoms. The van der Waals surface area contributed by atoms with Crippen molar-refractivity contribution in [2.45, 2.75) is 24.9 Å². The molecule has 0 radical (unpaired) electrons. The monoisotopic (exact) mass is 329 g/mol. The predicted octanol–water partition coefficient (Wildman–Crippen LogP) is 2.52. The van der Waals surface area contributed by atoms with Crippen LogP contribution in [-0.4, -0.2) is 41.7 Å². The molecule has 2 aliphatic rings. The van der Waals surface area contributed by atoms with E-state index in [1.54, 1.807) is 6.07 Å². The molecule has 0 aliphatic carbocycles. The van der Waals surface area contributed by atoms with Crippen LogP contribution in [-0.2, 0) is 0 Å². The average Bonchev–Trinajstić information content (AvgIpc) is 2.97. The van der Waals surface area contributed by atoms with Gasteiger partial charge in [-0.05, 0) is 31.5 Å². The second-order valence-electron chi connectivity index (χ2n) is 5.42. The number of hydrogen-bond acceptors (Lipinski definition) is 3. The molecule has 1 aromatic rings. The van der Waals surface area contributed by atoms with Gasteiger partial charge in [-0.1, -0.05) is 23.2 Å². The van der Waals surface area contributed by atoms with E-state index in [2.05, 4.69) is 10.6 Å². The fraction of sp³-hybridized carbons (Fsp3) is 0.500. The summed E-state index contributed by atoms with van der Waals surface area (Å²) in [5.41, 5.74) is 0.502. The third kappa shape index (κ3) is 2.78. The first-order chi connectivity index (χ1) is 10.1. The van der Waals surface area contributed by atoms with Crippen molar-refractivity contribution in [1.29, 1.82) is 0 Å². The van der Waals surface area contributed by atoms with Crippen molar-refractivity contribution >= 4 is 29.2 Å². The molecule has 0 unspecified atom stereocenters. The zero-order valence-electron chi connectivity index (χ0n) is 11.4. The Labute approximate surface area is 133 Å². The maximum Gasteiger partial charge on any atom is 0.318 e. The van der Waals surface area contributed by atoms with Crippen LogP contribution in [0.1, 0.15) is 24.4 Å². The van der Waals surface area contributed by atoms with Gasteiger partial charge in [-0.25, -0.2) is 4.79 Å². The average molecular weight is 330 g/mol. The normalized spacial score (nSPS) is 26.0. The van der Waals surface area contributed by atoms with Gasteiger partial charge in [-0.2, -0.15) is 0 Å². The van der Waals surface area contributed by atoms with E-state index in [1.807, 2.05) is 4.90 Å². The number of nitrogens with one attached hydrogen (secondary N) is 2. The first-order valence-electron chi connectivity index (χ1n) is 7.02. The molecule has 2 heterocycles. The third-order valence-electron chi connectivity index (χ3n) is 4.15. The molecule has 5 nitrogen and oxygen atoms in total. The maximum atomic E-state index is 12.3. The Morgan fingerprint density at radius 3 is 2.76 bits per heavy atom. The molecule has 0 saturated carbocycles. The zero-order chi connectivity index (χ0) is 15.0. The highest BCUT2D eigenvalue weighted by atomic mass is 35.5. The molecule has 114 valence electrons. The van der Waals surface area contributed by atoms with Gasteiger partial charge in [0.05, 0.1) is 16.1 Å². The first-order valence-corrected chi connectivity index (χ1v) is 7.78. The topological polar surface area (TPSA) is 64.6 Å². The fourth-order valence-corrected chi connectivity index (χ4v) is 3.49. The molecular formula is C14H17Cl2N3O2. The molecule has 0 spiro atoms. The van der Waals surface area contributed by atoms with E-state index in [-0.39, 0.29) is 23.9 Å². The van der Waals surface area contributed by atoms with Gasteiger partial charge in [-0.3, -0.25) is 0 Å². The number of carbonyl (C=O) groups excluding carboxylic acids is 1. The largest absolute Gasteiger partial charge is 0.508 e. The van der Waals surface area contributed by atoms with Crippen molar-refractivity contribution in [2.24, 2.45) is 0 Å². The quantitative estimate of drug-likeness (QED) is 0.781. The molecule has 3 rings (SSSR count). The molecule has 0 aromatic heterocycles. The molecule has 1 aromatic carbocycles. The Balaban J connectivity index is 1.78. The second kappa shape index (κ2) is 5.91. The summed E-state index contributed by atoms with van der Waals surface area (Å²) >= 11 is 12.2. The van der Waals surface area contributed by atoms with Gasteiger partial charge in [0.15, 0.2) is 0 Å². The van der Waals surface area contributed by atoms with E-state index in [9.17, 15) is 9.90 Å². The number of rotatable bonds is 2. The third-order valence-corrected chi connectivity index (χ3v) is 4.97. The summed E-state index contributed by atoms with van der Waals surface area (Å²) in [6.45, 7) is 2.42. The Kier molecular flexibility index (Phi) is 4.15. The summed E-state index contributed by atoms with van der Waals surface area (Å²) < 4.78 is 0. The van der Waals surface area contributed by atoms with E-state index in [0.717, 1.165) is 19.5 Å². The molecule has 2 aliphatic heterocycles. The molecular weight excluding hydrogens is 313 g/mol. The van der Waals surface area contributed by atoms with Crippen molar-refractivity contribution in [3.63, 3.8) is 0 Å². The lowest BCUT2D eigenvalue weighted by atomic mass is 10.00. The number of phenols is 1. The van der Waals surface area contributed by atoms with Gasteiger partial charge in [0.1, 0.15) is 5.75 Å². The number of halogens is 2. The van der Waals surface area contributed by atoms with Gasteiger partial charge in [0.2, 0.25) is 0 Å². The van der Waals surface area contributed by atoms with E-state index < -0.39 is 0 Å². The SMILES string of the molecule is O=C1N[C@H](c2c(O)ccc(Cl)c2Cl)CCN1[C@H]1CCNC1. The minimum Gasteiger partial charge on any atom is -0.508 e. The standard InChI is InChI=1S/C14H17Cl2N3O2/c15-9-1-2-11(20)12(13(9)16)10-4-6-19(14(21)18-10)8-3-5-17-7-8/h1-2,8,10,17,20H,3-7H2,(H,18,21)/t8-,10-/m0/s1. The van der Waals surface area contributed by atoms with Gasteiger partial charge >= 0.3 is 6.03 Å². The number of hydrogen-bond donors (Lipinski definition) is 3. The van der Waals surface area contributed by atoms with Crippen molar-refractivity contribution < 1.29 is 9.90 Å². The molecule has 2 saturated heterocycles. The van der Waals surface area contributed by atoms with Crippen LogP contribution in [0.3, 0.4) is 0 Å². The molecule has 0 bridgehead atoms. The predicted molar refractivity (Wildman–Crippen MR) is 82.0 cm³/mol. The number of carbonyl (C=O) groups is 1. The summed E-state index contributed by atoms with van der Waals surface area (Å²) in [6, 6.07) is 2.87. The van der Waals surface area contributed by atoms with Crippen LogP contribution in [0.25, 0.3) is 0 Å². The lowest BCUT2D eigenvalue weighted by Crippen LogP contribution is -2.52. The highest BCUT2D eigenvalue weighted by Crippen LogP contribution is 2.39. The van der Waals surface area contributed by atoms with Crippen LogP contribution in [0.2, 0.25) is 10.0 Å². The van der Waals surface area contributed by atoms with Crippen molar-refractivity contribution in [2.75, 3.05) is 19.6 Å². The Hall–Kier alpha value is -1.17. The van der Waals surface area contributed by atoms with Gasteiger partial charge < -0.3 is 20.6 Å². The van der Waals surface area contributed by atoms with E-state index in [4.69, 9.17) is 23.2 Å². The molecule has 7 heteroatoms. The zero-order valence-corrected chi connectivity index (χ0v) is 12.9. The van der Waals surface area contributed by atoms with Crippen molar-refractivity contribution in [1.82, 2.24) is 15.5 Å². The number of aromatic hydroxyl groups is 1. The van der Waals surface area contributed by atoms with Crippen LogP contribution in [0, 0.1) is 0 Å². The maximum absolute atomic E-state index is 12.3. The Bertz CT molecular complexity index is 561. The van der Waals surface area contributed by atoms with Crippen molar-refractivity contribution in [3.05, 3.63) is 27.7 Å². The van der Waals surface area contributed by atoms with Gasteiger partial charge in [0.25, 0.3) is 0 Å². The van der Waals surface area contributed by atoms with E-state index in [0.29, 0.717) is 28.6 Å². The molecule has 2 atom stereocenters. The summed E-state index contributed by atoms with van der Waals surface area (Å²) in [7, 11) is 0. The van der Waals surface area contributed by atoms with Crippen molar-refractivity contribution in [3.8, 4) is 5.75 Å². The van der Waals surface area contributed by atoms with Crippen LogP contribution in [0.5, 0.6) is 5.75 Å². The Morgan fingerprint density at radius 1 is 1.29 bits per heavy atom. The van der Waals surface area contributed by atoms with Gasteiger partial charge in [0, 0.05) is 24.7 Å². The number of urea groups is 1. The summed E-state index contributed by atoms with van der Waals surface area (Å²) in [4.78, 5) is 14.2. The molecule has 3 N–H and O–H groups in total. The Morgan fingerprint density at radius 2 is 2.10 bits per heavy atom. The fourth-order valence-electron chi connectivity index (χ4n) is 3.03. The smallest absolute Gasteiger partial charge is 0.318 e. The summed E-state index contributed by atoms with van der Waals surface area (Å²) in [5, 5.41) is 16.9. The number of nitrogens with zero attached hydrogens (tertiary/aromatic N) is 1.